The van der Waals surface area contributed by atoms with Crippen LogP contribution in [-0.4, -0.2) is 61.3 Å². The van der Waals surface area contributed by atoms with Crippen molar-refractivity contribution in [1.82, 2.24) is 14.2 Å². The number of aromatic nitrogens is 1. The van der Waals surface area contributed by atoms with Gasteiger partial charge in [0.15, 0.2) is 0 Å². The molecule has 11 heteroatoms. The smallest absolute Gasteiger partial charge is 0.243 e. The fourth-order valence-electron chi connectivity index (χ4n) is 5.63. The van der Waals surface area contributed by atoms with Gasteiger partial charge in [-0.05, 0) is 74.2 Å². The second kappa shape index (κ2) is 11.2. The molecule has 8 nitrogen and oxygen atoms in total. The predicted molar refractivity (Wildman–Crippen MR) is 161 cm³/mol. The number of anilines is 1. The number of ether oxygens (including phenoxy) is 1. The molecule has 1 atom stereocenters. The summed E-state index contributed by atoms with van der Waals surface area (Å²) in [7, 11) is -2.30. The molecule has 1 amide bonds. The molecule has 40 heavy (non-hydrogen) atoms. The zero-order chi connectivity index (χ0) is 27.9. The van der Waals surface area contributed by atoms with Crippen molar-refractivity contribution in [3.8, 4) is 16.3 Å². The summed E-state index contributed by atoms with van der Waals surface area (Å²) in [5.74, 6) is 0.289. The topological polar surface area (TPSA) is 91.8 Å². The SMILES string of the molecule is CCCN1CCc2c(sc(NC(=O)C3CCCN3S(=O)(=O)c3ccc(OC)cc3)c2-c2nc3ccccc3s2)C1. The third-order valence-corrected chi connectivity index (χ3v) is 11.7. The van der Waals surface area contributed by atoms with Crippen LogP contribution in [-0.2, 0) is 27.8 Å². The van der Waals surface area contributed by atoms with Gasteiger partial charge in [-0.2, -0.15) is 4.31 Å². The first-order valence-electron chi connectivity index (χ1n) is 13.6. The van der Waals surface area contributed by atoms with Gasteiger partial charge in [-0.3, -0.25) is 9.69 Å². The molecule has 0 bridgehead atoms. The molecule has 4 heterocycles. The van der Waals surface area contributed by atoms with Gasteiger partial charge in [0, 0.05) is 30.1 Å². The Balaban J connectivity index is 1.33. The molecule has 6 rings (SSSR count). The lowest BCUT2D eigenvalue weighted by atomic mass is 10.0. The lowest BCUT2D eigenvalue weighted by molar-refractivity contribution is -0.119. The Hall–Kier alpha value is -2.83. The van der Waals surface area contributed by atoms with Crippen molar-refractivity contribution in [1.29, 1.82) is 0 Å². The number of fused-ring (bicyclic) bond motifs is 2. The molecule has 210 valence electrons. The number of benzene rings is 2. The van der Waals surface area contributed by atoms with Gasteiger partial charge in [0.25, 0.3) is 0 Å². The number of hydrogen-bond acceptors (Lipinski definition) is 8. The van der Waals surface area contributed by atoms with Gasteiger partial charge in [0.1, 0.15) is 21.8 Å². The number of sulfonamides is 1. The number of carbonyl (C=O) groups is 1. The minimum Gasteiger partial charge on any atom is -0.497 e. The fraction of sp³-hybridized carbons (Fsp3) is 0.379. The van der Waals surface area contributed by atoms with Crippen LogP contribution in [0.1, 0.15) is 36.6 Å². The number of para-hydroxylation sites is 1. The van der Waals surface area contributed by atoms with E-state index in [1.54, 1.807) is 34.8 Å². The molecular weight excluding hydrogens is 565 g/mol. The van der Waals surface area contributed by atoms with Gasteiger partial charge in [0.2, 0.25) is 15.9 Å². The van der Waals surface area contributed by atoms with E-state index in [1.165, 1.54) is 34.0 Å². The van der Waals surface area contributed by atoms with Crippen LogP contribution in [0.25, 0.3) is 20.8 Å². The van der Waals surface area contributed by atoms with Crippen molar-refractivity contribution in [3.05, 3.63) is 59.0 Å². The predicted octanol–water partition coefficient (Wildman–Crippen LogP) is 5.59. The van der Waals surface area contributed by atoms with E-state index in [0.29, 0.717) is 25.1 Å². The van der Waals surface area contributed by atoms with Crippen LogP contribution >= 0.6 is 22.7 Å². The minimum atomic E-state index is -3.84. The van der Waals surface area contributed by atoms with Crippen LogP contribution in [0.3, 0.4) is 0 Å². The van der Waals surface area contributed by atoms with Crippen molar-refractivity contribution < 1.29 is 17.9 Å². The summed E-state index contributed by atoms with van der Waals surface area (Å²) < 4.78 is 34.7. The van der Waals surface area contributed by atoms with Crippen LogP contribution in [0.4, 0.5) is 5.00 Å². The van der Waals surface area contributed by atoms with Crippen molar-refractivity contribution in [3.63, 3.8) is 0 Å². The van der Waals surface area contributed by atoms with E-state index >= 15 is 0 Å². The first kappa shape index (κ1) is 27.3. The van der Waals surface area contributed by atoms with E-state index in [2.05, 4.69) is 23.2 Å². The highest BCUT2D eigenvalue weighted by Crippen LogP contribution is 2.46. The monoisotopic (exact) mass is 596 g/mol. The number of amides is 1. The van der Waals surface area contributed by atoms with Gasteiger partial charge in [0.05, 0.1) is 22.2 Å². The molecule has 2 aromatic heterocycles. The van der Waals surface area contributed by atoms with E-state index in [1.807, 2.05) is 18.2 Å². The van der Waals surface area contributed by atoms with Crippen molar-refractivity contribution in [2.24, 2.45) is 0 Å². The summed E-state index contributed by atoms with van der Waals surface area (Å²) in [6.45, 7) is 5.36. The highest BCUT2D eigenvalue weighted by atomic mass is 32.2. The second-order valence-corrected chi connectivity index (χ2v) is 14.2. The largest absolute Gasteiger partial charge is 0.497 e. The number of carbonyl (C=O) groups excluding carboxylic acids is 1. The van der Waals surface area contributed by atoms with Crippen molar-refractivity contribution >= 4 is 53.8 Å². The molecular formula is C29H32N4O4S3. The lowest BCUT2D eigenvalue weighted by Gasteiger charge is -2.26. The number of nitrogens with zero attached hydrogens (tertiary/aromatic N) is 3. The van der Waals surface area contributed by atoms with Crippen LogP contribution in [0.2, 0.25) is 0 Å². The molecule has 0 saturated carbocycles. The van der Waals surface area contributed by atoms with E-state index in [0.717, 1.165) is 58.3 Å². The highest BCUT2D eigenvalue weighted by Gasteiger charge is 2.40. The van der Waals surface area contributed by atoms with E-state index in [-0.39, 0.29) is 10.8 Å². The number of rotatable bonds is 8. The summed E-state index contributed by atoms with van der Waals surface area (Å²) >= 11 is 3.24. The number of hydrogen-bond donors (Lipinski definition) is 1. The van der Waals surface area contributed by atoms with Crippen LogP contribution in [0.15, 0.2) is 53.4 Å². The molecule has 1 fully saturated rings. The molecule has 1 unspecified atom stereocenters. The molecule has 0 aliphatic carbocycles. The van der Waals surface area contributed by atoms with Gasteiger partial charge < -0.3 is 10.1 Å². The molecule has 2 aliphatic rings. The molecule has 2 aliphatic heterocycles. The average molecular weight is 597 g/mol. The normalized spacial score (nSPS) is 18.2. The van der Waals surface area contributed by atoms with E-state index in [9.17, 15) is 13.2 Å². The molecule has 4 aromatic rings. The first-order valence-corrected chi connectivity index (χ1v) is 16.7. The molecule has 2 aromatic carbocycles. The standard InChI is InChI=1S/C29H32N4O4S3/c1-3-15-32-17-14-21-25(18-32)39-29(26(21)28-30-22-7-4-5-9-24(22)38-28)31-27(34)23-8-6-16-33(23)40(35,36)20-12-10-19(37-2)11-13-20/h4-5,7,9-13,23H,3,6,8,14-18H2,1-2H3,(H,31,34). The average Bonchev–Trinajstić information content (AvgIpc) is 3.69. The summed E-state index contributed by atoms with van der Waals surface area (Å²) in [4.78, 5) is 22.6. The molecule has 0 spiro atoms. The summed E-state index contributed by atoms with van der Waals surface area (Å²) in [5.41, 5.74) is 3.18. The third-order valence-electron chi connectivity index (χ3n) is 7.59. The van der Waals surface area contributed by atoms with Gasteiger partial charge in [-0.1, -0.05) is 19.1 Å². The van der Waals surface area contributed by atoms with Gasteiger partial charge in [-0.25, -0.2) is 13.4 Å². The van der Waals surface area contributed by atoms with E-state index in [4.69, 9.17) is 9.72 Å². The summed E-state index contributed by atoms with van der Waals surface area (Å²) in [6.07, 6.45) is 3.10. The number of methoxy groups -OCH3 is 1. The maximum absolute atomic E-state index is 13.8. The number of thiazole rings is 1. The Kier molecular flexibility index (Phi) is 7.66. The van der Waals surface area contributed by atoms with Crippen LogP contribution in [0, 0.1) is 0 Å². The third kappa shape index (κ3) is 5.05. The molecule has 1 saturated heterocycles. The lowest BCUT2D eigenvalue weighted by Crippen LogP contribution is -2.43. The van der Waals surface area contributed by atoms with Gasteiger partial charge in [-0.15, -0.1) is 22.7 Å². The van der Waals surface area contributed by atoms with Crippen molar-refractivity contribution in [2.45, 2.75) is 50.1 Å². The molecule has 0 radical (unpaired) electrons. The number of thiophene rings is 1. The molecule has 1 N–H and O–H groups in total. The van der Waals surface area contributed by atoms with Gasteiger partial charge >= 0.3 is 0 Å². The zero-order valence-corrected chi connectivity index (χ0v) is 25.0. The second-order valence-electron chi connectivity index (χ2n) is 10.2. The Labute approximate surface area is 242 Å². The first-order chi connectivity index (χ1) is 19.4. The minimum absolute atomic E-state index is 0.158. The maximum atomic E-state index is 13.8. The van der Waals surface area contributed by atoms with Crippen LogP contribution in [0.5, 0.6) is 5.75 Å². The zero-order valence-electron chi connectivity index (χ0n) is 22.6. The number of nitrogens with one attached hydrogen (secondary N) is 1. The Bertz CT molecular complexity index is 1610. The van der Waals surface area contributed by atoms with E-state index < -0.39 is 16.1 Å². The quantitative estimate of drug-likeness (QED) is 0.285. The Morgan fingerprint density at radius 2 is 1.93 bits per heavy atom. The highest BCUT2D eigenvalue weighted by molar-refractivity contribution is 7.89. The summed E-state index contributed by atoms with van der Waals surface area (Å²) in [5, 5.41) is 4.83. The van der Waals surface area contributed by atoms with Crippen molar-refractivity contribution in [2.75, 3.05) is 32.1 Å². The summed E-state index contributed by atoms with van der Waals surface area (Å²) in [6, 6.07) is 13.6. The van der Waals surface area contributed by atoms with Crippen LogP contribution < -0.4 is 10.1 Å². The maximum Gasteiger partial charge on any atom is 0.243 e. The fourth-order valence-corrected chi connectivity index (χ4v) is 9.69. The Morgan fingerprint density at radius 1 is 1.12 bits per heavy atom. The Morgan fingerprint density at radius 3 is 2.67 bits per heavy atom.